The van der Waals surface area contributed by atoms with Gasteiger partial charge in [-0.1, -0.05) is 0 Å². The Kier molecular flexibility index (Phi) is 4.55. The third-order valence-corrected chi connectivity index (χ3v) is 3.89. The molecule has 19 heavy (non-hydrogen) atoms. The molecule has 2 rings (SSSR count). The molecule has 0 unspecified atom stereocenters. The Hall–Kier alpha value is -0.560. The van der Waals surface area contributed by atoms with Gasteiger partial charge in [-0.05, 0) is 56.8 Å². The molecule has 0 bridgehead atoms. The monoisotopic (exact) mass is 396 g/mol. The van der Waals surface area contributed by atoms with Crippen LogP contribution in [0.25, 0.3) is 0 Å². The molecule has 0 spiro atoms. The molecule has 1 aromatic heterocycles. The second kappa shape index (κ2) is 5.83. The molecule has 1 amide bonds. The van der Waals surface area contributed by atoms with Gasteiger partial charge in [0.25, 0.3) is 5.91 Å². The molecule has 0 saturated heterocycles. The summed E-state index contributed by atoms with van der Waals surface area (Å²) in [6.45, 7) is 0. The lowest BCUT2D eigenvalue weighted by Crippen LogP contribution is -2.40. The summed E-state index contributed by atoms with van der Waals surface area (Å²) in [5.74, 6) is -2.84. The van der Waals surface area contributed by atoms with Gasteiger partial charge in [0, 0.05) is 24.4 Å². The van der Waals surface area contributed by atoms with Crippen LogP contribution in [0.3, 0.4) is 0 Å². The number of carbonyl (C=O) groups excluding carboxylic acids is 1. The number of rotatable bonds is 2. The number of hydrogen-bond donors (Lipinski definition) is 1. The molecule has 1 saturated carbocycles. The Bertz CT molecular complexity index is 466. The highest BCUT2D eigenvalue weighted by atomic mass is 79.9. The van der Waals surface area contributed by atoms with Crippen LogP contribution in [0.5, 0.6) is 0 Å². The summed E-state index contributed by atoms with van der Waals surface area (Å²) in [6, 6.07) is 3.01. The van der Waals surface area contributed by atoms with Crippen molar-refractivity contribution in [3.63, 3.8) is 0 Å². The molecule has 3 nitrogen and oxygen atoms in total. The minimum atomic E-state index is -2.58. The molecule has 1 N–H and O–H groups in total. The fourth-order valence-electron chi connectivity index (χ4n) is 2.05. The van der Waals surface area contributed by atoms with Crippen molar-refractivity contribution in [2.45, 2.75) is 37.6 Å². The Morgan fingerprint density at radius 3 is 2.32 bits per heavy atom. The summed E-state index contributed by atoms with van der Waals surface area (Å²) < 4.78 is 27.1. The van der Waals surface area contributed by atoms with E-state index in [4.69, 9.17) is 0 Å². The quantitative estimate of drug-likeness (QED) is 0.768. The van der Waals surface area contributed by atoms with E-state index in [2.05, 4.69) is 42.2 Å². The van der Waals surface area contributed by atoms with Crippen LogP contribution in [0.2, 0.25) is 0 Å². The second-order valence-electron chi connectivity index (χ2n) is 4.60. The van der Waals surface area contributed by atoms with Crippen molar-refractivity contribution in [1.29, 1.82) is 0 Å². The normalized spacial score (nSPS) is 19.2. The predicted molar refractivity (Wildman–Crippen MR) is 74.3 cm³/mol. The Labute approximate surface area is 126 Å². The highest BCUT2D eigenvalue weighted by Gasteiger charge is 2.35. The molecular weight excluding hydrogens is 386 g/mol. The molecule has 7 heteroatoms. The minimum absolute atomic E-state index is 0.165. The molecule has 1 fully saturated rings. The summed E-state index contributed by atoms with van der Waals surface area (Å²) in [5, 5.41) is 2.79. The maximum atomic E-state index is 13.0. The molecule has 0 aliphatic heterocycles. The van der Waals surface area contributed by atoms with E-state index < -0.39 is 5.92 Å². The van der Waals surface area contributed by atoms with E-state index in [1.54, 1.807) is 12.1 Å². The van der Waals surface area contributed by atoms with Crippen LogP contribution in [0, 0.1) is 0 Å². The number of pyridine rings is 1. The molecule has 1 aromatic rings. The van der Waals surface area contributed by atoms with E-state index in [-0.39, 0.29) is 24.8 Å². The lowest BCUT2D eigenvalue weighted by molar-refractivity contribution is -0.0399. The van der Waals surface area contributed by atoms with Crippen LogP contribution in [-0.2, 0) is 0 Å². The lowest BCUT2D eigenvalue weighted by Gasteiger charge is -2.28. The SMILES string of the molecule is O=C(NC1CCC(F)(F)CC1)c1cc(Br)nc(Br)c1. The summed E-state index contributed by atoms with van der Waals surface area (Å²) in [5.41, 5.74) is 0.450. The van der Waals surface area contributed by atoms with Crippen molar-refractivity contribution >= 4 is 37.8 Å². The molecule has 104 valence electrons. The van der Waals surface area contributed by atoms with Crippen LogP contribution >= 0.6 is 31.9 Å². The molecule has 0 atom stereocenters. The largest absolute Gasteiger partial charge is 0.349 e. The van der Waals surface area contributed by atoms with Crippen LogP contribution in [-0.4, -0.2) is 22.9 Å². The third kappa shape index (κ3) is 4.21. The Balaban J connectivity index is 1.98. The fraction of sp³-hybridized carbons (Fsp3) is 0.500. The van der Waals surface area contributed by atoms with Crippen LogP contribution in [0.15, 0.2) is 21.3 Å². The van der Waals surface area contributed by atoms with Gasteiger partial charge >= 0.3 is 0 Å². The van der Waals surface area contributed by atoms with Gasteiger partial charge in [-0.3, -0.25) is 4.79 Å². The van der Waals surface area contributed by atoms with E-state index in [0.29, 0.717) is 27.6 Å². The van der Waals surface area contributed by atoms with Gasteiger partial charge < -0.3 is 5.32 Å². The Morgan fingerprint density at radius 2 is 1.79 bits per heavy atom. The van der Waals surface area contributed by atoms with E-state index in [1.165, 1.54) is 0 Å². The second-order valence-corrected chi connectivity index (χ2v) is 6.23. The summed E-state index contributed by atoms with van der Waals surface area (Å²) in [7, 11) is 0. The number of hydrogen-bond acceptors (Lipinski definition) is 2. The summed E-state index contributed by atoms with van der Waals surface area (Å²) >= 11 is 6.40. The maximum absolute atomic E-state index is 13.0. The van der Waals surface area contributed by atoms with Crippen molar-refractivity contribution in [1.82, 2.24) is 10.3 Å². The van der Waals surface area contributed by atoms with E-state index in [1.807, 2.05) is 0 Å². The molecular formula is C12H12Br2F2N2O. The van der Waals surface area contributed by atoms with Crippen molar-refractivity contribution in [3.05, 3.63) is 26.9 Å². The van der Waals surface area contributed by atoms with Crippen LogP contribution in [0.4, 0.5) is 8.78 Å². The average Bonchev–Trinajstić information content (AvgIpc) is 2.30. The number of carbonyl (C=O) groups is 1. The van der Waals surface area contributed by atoms with Crippen molar-refractivity contribution in [2.24, 2.45) is 0 Å². The van der Waals surface area contributed by atoms with Crippen molar-refractivity contribution in [3.8, 4) is 0 Å². The summed E-state index contributed by atoms with van der Waals surface area (Å²) in [6.07, 6.45) is 0.293. The topological polar surface area (TPSA) is 42.0 Å². The first kappa shape index (κ1) is 14.8. The Morgan fingerprint density at radius 1 is 1.26 bits per heavy atom. The number of aromatic nitrogens is 1. The van der Waals surface area contributed by atoms with Gasteiger partial charge in [0.1, 0.15) is 9.21 Å². The molecule has 1 heterocycles. The zero-order valence-corrected chi connectivity index (χ0v) is 13.1. The predicted octanol–water partition coefficient (Wildman–Crippen LogP) is 3.91. The first-order valence-corrected chi connectivity index (χ1v) is 7.46. The number of nitrogens with zero attached hydrogens (tertiary/aromatic N) is 1. The molecule has 1 aliphatic rings. The fourth-order valence-corrected chi connectivity index (χ4v) is 3.16. The smallest absolute Gasteiger partial charge is 0.251 e. The highest BCUT2D eigenvalue weighted by Crippen LogP contribution is 2.33. The van der Waals surface area contributed by atoms with Gasteiger partial charge in [-0.2, -0.15) is 0 Å². The lowest BCUT2D eigenvalue weighted by atomic mass is 9.92. The van der Waals surface area contributed by atoms with Crippen LogP contribution < -0.4 is 5.32 Å². The number of alkyl halides is 2. The molecule has 1 aliphatic carbocycles. The molecule has 0 radical (unpaired) electrons. The van der Waals surface area contributed by atoms with Gasteiger partial charge in [0.15, 0.2) is 0 Å². The minimum Gasteiger partial charge on any atom is -0.349 e. The van der Waals surface area contributed by atoms with E-state index in [9.17, 15) is 13.6 Å². The van der Waals surface area contributed by atoms with Gasteiger partial charge in [-0.25, -0.2) is 13.8 Å². The first-order valence-electron chi connectivity index (χ1n) is 5.87. The van der Waals surface area contributed by atoms with Crippen molar-refractivity contribution in [2.75, 3.05) is 0 Å². The standard InChI is InChI=1S/C12H12Br2F2N2O/c13-9-5-7(6-10(14)18-9)11(19)17-8-1-3-12(15,16)4-2-8/h5-6,8H,1-4H2,(H,17,19). The van der Waals surface area contributed by atoms with Crippen molar-refractivity contribution < 1.29 is 13.6 Å². The number of halogens is 4. The first-order chi connectivity index (χ1) is 8.85. The van der Waals surface area contributed by atoms with Crippen LogP contribution in [0.1, 0.15) is 36.0 Å². The maximum Gasteiger partial charge on any atom is 0.251 e. The number of amides is 1. The van der Waals surface area contributed by atoms with Gasteiger partial charge in [-0.15, -0.1) is 0 Å². The van der Waals surface area contributed by atoms with E-state index >= 15 is 0 Å². The zero-order valence-electron chi connectivity index (χ0n) is 9.93. The van der Waals surface area contributed by atoms with Gasteiger partial charge in [0.2, 0.25) is 5.92 Å². The number of nitrogens with one attached hydrogen (secondary N) is 1. The zero-order chi connectivity index (χ0) is 14.0. The summed E-state index contributed by atoms with van der Waals surface area (Å²) in [4.78, 5) is 16.0. The van der Waals surface area contributed by atoms with E-state index in [0.717, 1.165) is 0 Å². The highest BCUT2D eigenvalue weighted by molar-refractivity contribution is 9.11. The molecule has 0 aromatic carbocycles. The average molecular weight is 398 g/mol. The van der Waals surface area contributed by atoms with Gasteiger partial charge in [0.05, 0.1) is 0 Å². The third-order valence-electron chi connectivity index (χ3n) is 3.08.